The van der Waals surface area contributed by atoms with Crippen LogP contribution in [0.4, 0.5) is 4.79 Å². The quantitative estimate of drug-likeness (QED) is 0.750. The lowest BCUT2D eigenvalue weighted by molar-refractivity contribution is -0.145. The number of carbonyl (C=O) groups is 2. The number of hydrogen-bond donors (Lipinski definition) is 1. The molecule has 0 aliphatic carbocycles. The molecule has 1 atom stereocenters. The second-order valence-electron chi connectivity index (χ2n) is 5.47. The zero-order chi connectivity index (χ0) is 16.4. The van der Waals surface area contributed by atoms with Gasteiger partial charge in [0.1, 0.15) is 6.04 Å². The highest BCUT2D eigenvalue weighted by molar-refractivity contribution is 5.81. The number of amides is 1. The van der Waals surface area contributed by atoms with E-state index in [1.807, 2.05) is 44.2 Å². The van der Waals surface area contributed by atoms with Gasteiger partial charge in [0.05, 0.1) is 13.2 Å². The van der Waals surface area contributed by atoms with Crippen LogP contribution in [0.1, 0.15) is 32.8 Å². The first kappa shape index (κ1) is 18.0. The number of benzene rings is 1. The summed E-state index contributed by atoms with van der Waals surface area (Å²) in [6, 6.07) is 9.10. The van der Waals surface area contributed by atoms with Crippen molar-refractivity contribution in [2.75, 3.05) is 13.2 Å². The van der Waals surface area contributed by atoms with E-state index < -0.39 is 18.1 Å². The molecule has 0 aliphatic rings. The summed E-state index contributed by atoms with van der Waals surface area (Å²) in [6.07, 6.45) is 0.564. The highest BCUT2D eigenvalue weighted by Gasteiger charge is 2.22. The number of ether oxygens (including phenoxy) is 2. The summed E-state index contributed by atoms with van der Waals surface area (Å²) in [7, 11) is 0. The SMILES string of the molecule is CCOC(=O)C(CCc1ccccc1)NC(=O)OCC(C)C. The minimum Gasteiger partial charge on any atom is -0.464 e. The van der Waals surface area contributed by atoms with Crippen LogP contribution in [0.25, 0.3) is 0 Å². The van der Waals surface area contributed by atoms with Gasteiger partial charge in [-0.1, -0.05) is 44.2 Å². The second kappa shape index (κ2) is 9.82. The molecule has 0 saturated carbocycles. The highest BCUT2D eigenvalue weighted by Crippen LogP contribution is 2.07. The van der Waals surface area contributed by atoms with Gasteiger partial charge in [0.2, 0.25) is 0 Å². The molecule has 1 aromatic rings. The summed E-state index contributed by atoms with van der Waals surface area (Å²) in [5.74, 6) is -0.184. The molecular weight excluding hydrogens is 282 g/mol. The molecule has 22 heavy (non-hydrogen) atoms. The number of rotatable bonds is 8. The number of carbonyl (C=O) groups excluding carboxylic acids is 2. The monoisotopic (exact) mass is 307 g/mol. The number of alkyl carbamates (subject to hydrolysis) is 1. The molecule has 1 rings (SSSR count). The predicted octanol–water partition coefficient (Wildman–Crippen LogP) is 2.93. The van der Waals surface area contributed by atoms with E-state index in [-0.39, 0.29) is 12.5 Å². The van der Waals surface area contributed by atoms with Crippen LogP contribution in [0.3, 0.4) is 0 Å². The van der Waals surface area contributed by atoms with Gasteiger partial charge >= 0.3 is 12.1 Å². The Morgan fingerprint density at radius 3 is 2.41 bits per heavy atom. The van der Waals surface area contributed by atoms with Crippen LogP contribution < -0.4 is 5.32 Å². The van der Waals surface area contributed by atoms with E-state index in [0.717, 1.165) is 5.56 Å². The van der Waals surface area contributed by atoms with Gasteiger partial charge in [-0.3, -0.25) is 0 Å². The molecule has 0 bridgehead atoms. The van der Waals surface area contributed by atoms with Crippen LogP contribution in [0.15, 0.2) is 30.3 Å². The van der Waals surface area contributed by atoms with Crippen molar-refractivity contribution in [2.24, 2.45) is 5.92 Å². The predicted molar refractivity (Wildman–Crippen MR) is 84.5 cm³/mol. The van der Waals surface area contributed by atoms with Gasteiger partial charge in [-0.05, 0) is 31.2 Å². The normalized spacial score (nSPS) is 11.8. The molecule has 1 N–H and O–H groups in total. The smallest absolute Gasteiger partial charge is 0.407 e. The largest absolute Gasteiger partial charge is 0.464 e. The third-order valence-corrected chi connectivity index (χ3v) is 2.98. The van der Waals surface area contributed by atoms with Crippen LogP contribution in [0.5, 0.6) is 0 Å². The minimum atomic E-state index is -0.695. The lowest BCUT2D eigenvalue weighted by Gasteiger charge is -2.17. The van der Waals surface area contributed by atoms with Crippen molar-refractivity contribution in [3.63, 3.8) is 0 Å². The van der Waals surface area contributed by atoms with Crippen molar-refractivity contribution in [3.05, 3.63) is 35.9 Å². The standard InChI is InChI=1S/C17H25NO4/c1-4-21-16(19)15(18-17(20)22-12-13(2)3)11-10-14-8-6-5-7-9-14/h5-9,13,15H,4,10-12H2,1-3H3,(H,18,20). The fourth-order valence-electron chi connectivity index (χ4n) is 1.87. The van der Waals surface area contributed by atoms with Crippen LogP contribution >= 0.6 is 0 Å². The van der Waals surface area contributed by atoms with E-state index in [2.05, 4.69) is 5.32 Å². The Hall–Kier alpha value is -2.04. The van der Waals surface area contributed by atoms with Gasteiger partial charge in [-0.15, -0.1) is 0 Å². The Kier molecular flexibility index (Phi) is 8.04. The van der Waals surface area contributed by atoms with E-state index in [4.69, 9.17) is 9.47 Å². The number of esters is 1. The summed E-state index contributed by atoms with van der Waals surface area (Å²) < 4.78 is 10.1. The molecule has 0 heterocycles. The average Bonchev–Trinajstić information content (AvgIpc) is 2.50. The van der Waals surface area contributed by atoms with Gasteiger partial charge in [0.15, 0.2) is 0 Å². The molecule has 5 nitrogen and oxygen atoms in total. The van der Waals surface area contributed by atoms with Gasteiger partial charge in [-0.2, -0.15) is 0 Å². The van der Waals surface area contributed by atoms with Crippen LogP contribution in [-0.4, -0.2) is 31.3 Å². The van der Waals surface area contributed by atoms with E-state index >= 15 is 0 Å². The Labute approximate surface area is 132 Å². The van der Waals surface area contributed by atoms with Gasteiger partial charge in [0, 0.05) is 0 Å². The average molecular weight is 307 g/mol. The van der Waals surface area contributed by atoms with E-state index in [1.54, 1.807) is 6.92 Å². The maximum atomic E-state index is 11.9. The van der Waals surface area contributed by atoms with Crippen molar-refractivity contribution in [2.45, 2.75) is 39.7 Å². The molecule has 0 aliphatic heterocycles. The van der Waals surface area contributed by atoms with E-state index in [9.17, 15) is 9.59 Å². The number of aryl methyl sites for hydroxylation is 1. The minimum absolute atomic E-state index is 0.246. The Morgan fingerprint density at radius 2 is 1.82 bits per heavy atom. The molecule has 0 aromatic heterocycles. The molecule has 5 heteroatoms. The van der Waals surface area contributed by atoms with Crippen molar-refractivity contribution in [1.82, 2.24) is 5.32 Å². The third-order valence-electron chi connectivity index (χ3n) is 2.98. The first-order valence-corrected chi connectivity index (χ1v) is 7.66. The van der Waals surface area contributed by atoms with E-state index in [0.29, 0.717) is 19.4 Å². The van der Waals surface area contributed by atoms with Gasteiger partial charge < -0.3 is 14.8 Å². The van der Waals surface area contributed by atoms with Crippen LogP contribution in [-0.2, 0) is 20.7 Å². The van der Waals surface area contributed by atoms with E-state index in [1.165, 1.54) is 0 Å². The zero-order valence-corrected chi connectivity index (χ0v) is 13.5. The molecular formula is C17H25NO4. The summed E-state index contributed by atoms with van der Waals surface area (Å²) in [5, 5.41) is 2.59. The van der Waals surface area contributed by atoms with Gasteiger partial charge in [-0.25, -0.2) is 9.59 Å². The molecule has 0 spiro atoms. The first-order chi connectivity index (χ1) is 10.5. The summed E-state index contributed by atoms with van der Waals surface area (Å²) in [5.41, 5.74) is 1.11. The molecule has 1 amide bonds. The highest BCUT2D eigenvalue weighted by atomic mass is 16.6. The van der Waals surface area contributed by atoms with Crippen LogP contribution in [0.2, 0.25) is 0 Å². The Bertz CT molecular complexity index is 459. The number of nitrogens with one attached hydrogen (secondary N) is 1. The lowest BCUT2D eigenvalue weighted by Crippen LogP contribution is -2.42. The Morgan fingerprint density at radius 1 is 1.14 bits per heavy atom. The molecule has 122 valence electrons. The zero-order valence-electron chi connectivity index (χ0n) is 13.5. The molecule has 0 fully saturated rings. The Balaban J connectivity index is 2.55. The molecule has 1 unspecified atom stereocenters. The molecule has 0 saturated heterocycles. The fraction of sp³-hybridized carbons (Fsp3) is 0.529. The van der Waals surface area contributed by atoms with Crippen molar-refractivity contribution in [1.29, 1.82) is 0 Å². The van der Waals surface area contributed by atoms with Crippen LogP contribution in [0, 0.1) is 5.92 Å². The topological polar surface area (TPSA) is 64.6 Å². The summed E-state index contributed by atoms with van der Waals surface area (Å²) >= 11 is 0. The molecule has 1 aromatic carbocycles. The first-order valence-electron chi connectivity index (χ1n) is 7.66. The summed E-state index contributed by atoms with van der Waals surface area (Å²) in [4.78, 5) is 23.7. The fourth-order valence-corrected chi connectivity index (χ4v) is 1.87. The van der Waals surface area contributed by atoms with Crippen molar-refractivity contribution in [3.8, 4) is 0 Å². The summed E-state index contributed by atoms with van der Waals surface area (Å²) in [6.45, 7) is 6.24. The third kappa shape index (κ3) is 7.11. The second-order valence-corrected chi connectivity index (χ2v) is 5.47. The van der Waals surface area contributed by atoms with Crippen molar-refractivity contribution < 1.29 is 19.1 Å². The number of hydrogen-bond acceptors (Lipinski definition) is 4. The van der Waals surface area contributed by atoms with Gasteiger partial charge in [0.25, 0.3) is 0 Å². The maximum Gasteiger partial charge on any atom is 0.407 e. The lowest BCUT2D eigenvalue weighted by atomic mass is 10.1. The molecule has 0 radical (unpaired) electrons. The van der Waals surface area contributed by atoms with Crippen molar-refractivity contribution >= 4 is 12.1 Å². The maximum absolute atomic E-state index is 11.9.